The monoisotopic (exact) mass is 281 g/mol. The average molecular weight is 281 g/mol. The van der Waals surface area contributed by atoms with Gasteiger partial charge in [0, 0.05) is 35.4 Å². The van der Waals surface area contributed by atoms with E-state index in [1.54, 1.807) is 0 Å². The molecule has 0 aliphatic carbocycles. The van der Waals surface area contributed by atoms with Crippen LogP contribution in [-0.4, -0.2) is 28.4 Å². The van der Waals surface area contributed by atoms with Crippen LogP contribution in [0, 0.1) is 13.8 Å². The summed E-state index contributed by atoms with van der Waals surface area (Å²) in [7, 11) is 2.21. The highest BCUT2D eigenvalue weighted by Gasteiger charge is 2.30. The van der Waals surface area contributed by atoms with Gasteiger partial charge in [-0.05, 0) is 39.3 Å². The minimum absolute atomic E-state index is 0.921. The molecule has 2 aliphatic rings. The van der Waals surface area contributed by atoms with Gasteiger partial charge in [-0.15, -0.1) is 0 Å². The molecule has 3 heterocycles. The Morgan fingerprint density at radius 3 is 2.57 bits per heavy atom. The van der Waals surface area contributed by atoms with E-state index in [0.717, 1.165) is 17.8 Å². The second-order valence-electron chi connectivity index (χ2n) is 5.35. The van der Waals surface area contributed by atoms with Crippen LogP contribution in [0.1, 0.15) is 44.6 Å². The lowest BCUT2D eigenvalue weighted by Gasteiger charge is -2.07. The molecule has 0 amide bonds. The van der Waals surface area contributed by atoms with Crippen LogP contribution in [-0.2, 0) is 0 Å². The first-order chi connectivity index (χ1) is 10.0. The summed E-state index contributed by atoms with van der Waals surface area (Å²) < 4.78 is 2.19. The van der Waals surface area contributed by atoms with Crippen LogP contribution in [0.3, 0.4) is 0 Å². The van der Waals surface area contributed by atoms with E-state index < -0.39 is 0 Å². The molecule has 21 heavy (non-hydrogen) atoms. The number of hydrogen-bond acceptors (Lipinski definition) is 1. The van der Waals surface area contributed by atoms with Gasteiger partial charge in [-0.2, -0.15) is 0 Å². The summed E-state index contributed by atoms with van der Waals surface area (Å²) in [5.74, 6) is 1.03. The first-order valence-electron chi connectivity index (χ1n) is 7.65. The molecule has 1 aromatic heterocycles. The number of aryl methyl sites for hydroxylation is 2. The lowest BCUT2D eigenvalue weighted by Crippen LogP contribution is -2.25. The van der Waals surface area contributed by atoms with E-state index in [1.165, 1.54) is 28.2 Å². The Morgan fingerprint density at radius 1 is 1.24 bits per heavy atom. The number of allylic oxidation sites excluding steroid dienone is 1. The Hall–Kier alpha value is -1.84. The first kappa shape index (κ1) is 15.6. The van der Waals surface area contributed by atoms with Crippen LogP contribution in [0.4, 0.5) is 0 Å². The average Bonchev–Trinajstić information content (AvgIpc) is 2.93. The number of rotatable bonds is 1. The molecule has 0 saturated heterocycles. The fourth-order valence-electron chi connectivity index (χ4n) is 2.49. The molecule has 4 heteroatoms. The number of nitrogens with one attached hydrogen (secondary N) is 1. The SMILES string of the molecule is CC.CC1=CC2=[N+]([B]CC(C)=N2)/C1=C\c1cc(C)c(C)[nH]1. The molecule has 0 atom stereocenters. The molecule has 1 aromatic rings. The van der Waals surface area contributed by atoms with E-state index in [9.17, 15) is 0 Å². The van der Waals surface area contributed by atoms with Gasteiger partial charge < -0.3 is 4.98 Å². The standard InChI is InChI=1S/C15H18BN3.C2H6/c1-9-5-13(18-12(9)4)7-14-10(2)6-15-17-11(3)8-16-19(14)15;1-2/h5-7,18H,8H2,1-4H3;1-2H3/q+1;. The summed E-state index contributed by atoms with van der Waals surface area (Å²) in [6.45, 7) is 12.4. The molecule has 0 saturated carbocycles. The molecule has 3 nitrogen and oxygen atoms in total. The second-order valence-corrected chi connectivity index (χ2v) is 5.35. The number of aromatic amines is 1. The van der Waals surface area contributed by atoms with Crippen LogP contribution in [0.2, 0.25) is 6.32 Å². The zero-order valence-corrected chi connectivity index (χ0v) is 13.9. The van der Waals surface area contributed by atoms with Crippen molar-refractivity contribution in [2.24, 2.45) is 4.99 Å². The van der Waals surface area contributed by atoms with Crippen molar-refractivity contribution >= 4 is 25.0 Å². The Bertz CT molecular complexity index is 653. The minimum Gasteiger partial charge on any atom is -0.359 e. The number of hydrogen-bond donors (Lipinski definition) is 1. The Morgan fingerprint density at radius 2 is 1.95 bits per heavy atom. The maximum atomic E-state index is 4.61. The maximum absolute atomic E-state index is 4.61. The highest BCUT2D eigenvalue weighted by atomic mass is 15.1. The predicted molar refractivity (Wildman–Crippen MR) is 92.3 cm³/mol. The van der Waals surface area contributed by atoms with Crippen LogP contribution in [0.5, 0.6) is 0 Å². The molecule has 1 N–H and O–H groups in total. The van der Waals surface area contributed by atoms with Gasteiger partial charge in [-0.25, -0.2) is 0 Å². The third kappa shape index (κ3) is 3.09. The topological polar surface area (TPSA) is 31.2 Å². The quantitative estimate of drug-likeness (QED) is 0.757. The zero-order chi connectivity index (χ0) is 15.6. The van der Waals surface area contributed by atoms with Crippen molar-refractivity contribution in [3.05, 3.63) is 40.4 Å². The molecule has 0 fully saturated rings. The summed E-state index contributed by atoms with van der Waals surface area (Å²) in [5, 5.41) is 0. The van der Waals surface area contributed by atoms with E-state index in [0.29, 0.717) is 0 Å². The van der Waals surface area contributed by atoms with Crippen molar-refractivity contribution in [1.82, 2.24) is 4.98 Å². The van der Waals surface area contributed by atoms with Gasteiger partial charge in [-0.1, -0.05) is 18.8 Å². The molecule has 1 radical (unpaired) electrons. The normalized spacial score (nSPS) is 18.7. The van der Waals surface area contributed by atoms with Crippen molar-refractivity contribution < 1.29 is 4.49 Å². The molecule has 0 aromatic carbocycles. The van der Waals surface area contributed by atoms with E-state index in [-0.39, 0.29) is 0 Å². The van der Waals surface area contributed by atoms with E-state index in [2.05, 4.69) is 67.8 Å². The Kier molecular flexibility index (Phi) is 4.66. The van der Waals surface area contributed by atoms with Gasteiger partial charge in [0.2, 0.25) is 0 Å². The number of H-pyrrole nitrogens is 1. The third-order valence-electron chi connectivity index (χ3n) is 3.72. The van der Waals surface area contributed by atoms with Crippen molar-refractivity contribution in [3.8, 4) is 0 Å². The second kappa shape index (κ2) is 6.29. The molecular weight excluding hydrogens is 257 g/mol. The summed E-state index contributed by atoms with van der Waals surface area (Å²) >= 11 is 0. The minimum atomic E-state index is 0.921. The molecule has 0 bridgehead atoms. The summed E-state index contributed by atoms with van der Waals surface area (Å²) in [5.41, 5.74) is 7.32. The van der Waals surface area contributed by atoms with E-state index >= 15 is 0 Å². The highest BCUT2D eigenvalue weighted by Crippen LogP contribution is 2.24. The van der Waals surface area contributed by atoms with E-state index in [4.69, 9.17) is 0 Å². The van der Waals surface area contributed by atoms with Gasteiger partial charge in [0.15, 0.2) is 0 Å². The highest BCUT2D eigenvalue weighted by molar-refractivity contribution is 6.38. The first-order valence-corrected chi connectivity index (χ1v) is 7.65. The van der Waals surface area contributed by atoms with Crippen molar-refractivity contribution in [3.63, 3.8) is 0 Å². The van der Waals surface area contributed by atoms with Gasteiger partial charge in [-0.3, -0.25) is 4.49 Å². The Balaban J connectivity index is 0.000000774. The fourth-order valence-corrected chi connectivity index (χ4v) is 2.49. The molecule has 109 valence electrons. The van der Waals surface area contributed by atoms with Crippen molar-refractivity contribution in [2.45, 2.75) is 47.9 Å². The van der Waals surface area contributed by atoms with Gasteiger partial charge in [0.25, 0.3) is 0 Å². The van der Waals surface area contributed by atoms with Crippen LogP contribution in [0.15, 0.2) is 28.4 Å². The maximum Gasteiger partial charge on any atom is 0.406 e. The summed E-state index contributed by atoms with van der Waals surface area (Å²) in [6.07, 6.45) is 5.27. The lowest BCUT2D eigenvalue weighted by molar-refractivity contribution is -0.311. The van der Waals surface area contributed by atoms with Gasteiger partial charge >= 0.3 is 13.3 Å². The van der Waals surface area contributed by atoms with Crippen molar-refractivity contribution in [1.29, 1.82) is 0 Å². The lowest BCUT2D eigenvalue weighted by atomic mass is 9.83. The number of aliphatic imine (C=N–C) groups is 1. The molecule has 3 rings (SSSR count). The van der Waals surface area contributed by atoms with Crippen LogP contribution < -0.4 is 0 Å². The Labute approximate surface area is 128 Å². The smallest absolute Gasteiger partial charge is 0.359 e. The number of amidine groups is 1. The molecule has 0 unspecified atom stereocenters. The summed E-state index contributed by atoms with van der Waals surface area (Å²) in [6, 6.07) is 2.19. The zero-order valence-electron chi connectivity index (χ0n) is 13.9. The molecule has 0 spiro atoms. The van der Waals surface area contributed by atoms with Crippen LogP contribution >= 0.6 is 0 Å². The predicted octanol–water partition coefficient (Wildman–Crippen LogP) is 3.88. The van der Waals surface area contributed by atoms with Gasteiger partial charge in [0.1, 0.15) is 11.4 Å². The number of aromatic nitrogens is 1. The summed E-state index contributed by atoms with van der Waals surface area (Å²) in [4.78, 5) is 8.02. The van der Waals surface area contributed by atoms with E-state index in [1.807, 2.05) is 13.8 Å². The number of nitrogens with zero attached hydrogens (tertiary/aromatic N) is 2. The molecular formula is C17H24BN3+. The molecule has 2 aliphatic heterocycles. The van der Waals surface area contributed by atoms with Crippen molar-refractivity contribution in [2.75, 3.05) is 0 Å². The van der Waals surface area contributed by atoms with Crippen LogP contribution in [0.25, 0.3) is 6.08 Å². The third-order valence-corrected chi connectivity index (χ3v) is 3.72. The van der Waals surface area contributed by atoms with Gasteiger partial charge in [0.05, 0.1) is 0 Å². The largest absolute Gasteiger partial charge is 0.406 e. The fraction of sp³-hybridized carbons (Fsp3) is 0.412.